The average Bonchev–Trinajstić information content (AvgIpc) is 3.78. The fourth-order valence-electron chi connectivity index (χ4n) is 8.09. The fourth-order valence-corrected chi connectivity index (χ4v) is 9.00. The Kier molecular flexibility index (Phi) is 10.1. The van der Waals surface area contributed by atoms with Gasteiger partial charge in [0.15, 0.2) is 0 Å². The second-order valence-corrected chi connectivity index (χ2v) is 17.1. The summed E-state index contributed by atoms with van der Waals surface area (Å²) >= 11 is 8.06. The minimum atomic E-state index is -1.41. The lowest BCUT2D eigenvalue weighted by molar-refractivity contribution is -0.146. The van der Waals surface area contributed by atoms with E-state index in [1.165, 1.54) is 36.9 Å². The molecule has 8 atom stereocenters. The number of ether oxygens (including phenoxy) is 4. The molecule has 3 amide bonds. The Morgan fingerprint density at radius 2 is 1.78 bits per heavy atom. The van der Waals surface area contributed by atoms with E-state index in [-0.39, 0.29) is 30.0 Å². The Bertz CT molecular complexity index is 1980. The number of methoxy groups -OCH3 is 2. The number of fused-ring (bicyclic) bond motifs is 2. The molecule has 3 N–H and O–H groups in total. The summed E-state index contributed by atoms with van der Waals surface area (Å²) in [6.45, 7) is 7.32. The third-order valence-corrected chi connectivity index (χ3v) is 12.5. The first kappa shape index (κ1) is 37.9. The van der Waals surface area contributed by atoms with Crippen LogP contribution in [0.2, 0.25) is 5.02 Å². The summed E-state index contributed by atoms with van der Waals surface area (Å²) in [5.41, 5.74) is -0.815. The van der Waals surface area contributed by atoms with Gasteiger partial charge in [0.2, 0.25) is 11.8 Å². The van der Waals surface area contributed by atoms with E-state index in [0.717, 1.165) is 12.8 Å². The summed E-state index contributed by atoms with van der Waals surface area (Å²) in [5.74, 6) is -0.458. The molecule has 14 nitrogen and oxygen atoms in total. The molecule has 2 aromatic heterocycles. The lowest BCUT2D eigenvalue weighted by Gasteiger charge is -2.35. The zero-order valence-corrected chi connectivity index (χ0v) is 32.7. The minimum absolute atomic E-state index is 0.0307. The molecule has 0 spiro atoms. The van der Waals surface area contributed by atoms with Crippen molar-refractivity contribution in [1.82, 2.24) is 25.5 Å². The molecule has 1 aromatic carbocycles. The van der Waals surface area contributed by atoms with Crippen LogP contribution >= 0.6 is 22.9 Å². The number of rotatable bonds is 12. The van der Waals surface area contributed by atoms with Gasteiger partial charge in [0.1, 0.15) is 52.0 Å². The standard InChI is InChI=1S/C38H46ClN5O9S/c1-7-20-15-38(20,34(47)48)43-32(45)26-13-22(16-44(26)33(46)31(37(2,3)4)42-35(49)53-21-11-18-10-19(18)12-21)52-28-14-24(25-17-54-36(41-25)51-6)40-30-23(28)8-9-27(50-5)29(30)39/h8-9,14,17-22,26,31H,7,10-13,15-16H2,1-6H3,(H,42,49)(H,43,45)(H,47,48)/t18-,19+,20-,21+,22-,26+,31?,38-/m1/s1. The number of thiazole rings is 1. The molecule has 4 fully saturated rings. The van der Waals surface area contributed by atoms with Crippen LogP contribution in [0.4, 0.5) is 4.79 Å². The van der Waals surface area contributed by atoms with E-state index < -0.39 is 53.0 Å². The summed E-state index contributed by atoms with van der Waals surface area (Å²) < 4.78 is 23.2. The number of carbonyl (C=O) groups is 4. The topological polar surface area (TPSA) is 179 Å². The lowest BCUT2D eigenvalue weighted by atomic mass is 9.85. The van der Waals surface area contributed by atoms with Gasteiger partial charge in [-0.05, 0) is 61.0 Å². The van der Waals surface area contributed by atoms with Crippen molar-refractivity contribution in [3.8, 4) is 28.1 Å². The zero-order valence-electron chi connectivity index (χ0n) is 31.1. The van der Waals surface area contributed by atoms with Gasteiger partial charge in [0, 0.05) is 23.3 Å². The summed E-state index contributed by atoms with van der Waals surface area (Å²) in [6, 6.07) is 3.03. The molecular weight excluding hydrogens is 738 g/mol. The van der Waals surface area contributed by atoms with Gasteiger partial charge in [-0.15, -0.1) is 0 Å². The number of hydrogen-bond donors (Lipinski definition) is 3. The average molecular weight is 784 g/mol. The second kappa shape index (κ2) is 14.4. The Morgan fingerprint density at radius 1 is 1.04 bits per heavy atom. The monoisotopic (exact) mass is 783 g/mol. The van der Waals surface area contributed by atoms with Gasteiger partial charge in [0.05, 0.1) is 32.0 Å². The molecule has 3 aliphatic carbocycles. The van der Waals surface area contributed by atoms with E-state index in [1.807, 2.05) is 27.7 Å². The normalized spacial score (nSPS) is 27.5. The van der Waals surface area contributed by atoms with Gasteiger partial charge in [-0.2, -0.15) is 0 Å². The highest BCUT2D eigenvalue weighted by Gasteiger charge is 2.61. The van der Waals surface area contributed by atoms with Crippen LogP contribution in [0.3, 0.4) is 0 Å². The first-order chi connectivity index (χ1) is 25.6. The van der Waals surface area contributed by atoms with Gasteiger partial charge in [-0.1, -0.05) is 57.1 Å². The molecule has 54 heavy (non-hydrogen) atoms. The molecular formula is C38H46ClN5O9S. The van der Waals surface area contributed by atoms with Gasteiger partial charge in [-0.3, -0.25) is 9.59 Å². The van der Waals surface area contributed by atoms with Crippen LogP contribution in [-0.4, -0.2) is 94.4 Å². The number of nitrogens with one attached hydrogen (secondary N) is 2. The number of aliphatic carboxylic acids is 1. The Labute approximate surface area is 322 Å². The number of halogens is 1. The predicted molar refractivity (Wildman–Crippen MR) is 200 cm³/mol. The number of carbonyl (C=O) groups excluding carboxylic acids is 3. The van der Waals surface area contributed by atoms with Crippen molar-refractivity contribution >= 4 is 57.7 Å². The van der Waals surface area contributed by atoms with Gasteiger partial charge in [0.25, 0.3) is 5.19 Å². The molecule has 3 heterocycles. The number of likely N-dealkylation sites (tertiary alicyclic amines) is 1. The van der Waals surface area contributed by atoms with Gasteiger partial charge in [-0.25, -0.2) is 19.6 Å². The maximum Gasteiger partial charge on any atom is 0.408 e. The Balaban J connectivity index is 1.20. The van der Waals surface area contributed by atoms with Crippen molar-refractivity contribution in [3.05, 3.63) is 28.6 Å². The summed E-state index contributed by atoms with van der Waals surface area (Å²) in [5, 5.41) is 18.8. The van der Waals surface area contributed by atoms with E-state index in [4.69, 9.17) is 35.5 Å². The molecule has 7 rings (SSSR count). The largest absolute Gasteiger partial charge is 0.495 e. The zero-order chi connectivity index (χ0) is 38.7. The Morgan fingerprint density at radius 3 is 2.39 bits per heavy atom. The maximum atomic E-state index is 14.6. The van der Waals surface area contributed by atoms with Crippen LogP contribution in [0.5, 0.6) is 16.7 Å². The number of pyridine rings is 1. The molecule has 3 aromatic rings. The van der Waals surface area contributed by atoms with Crippen LogP contribution < -0.4 is 24.8 Å². The van der Waals surface area contributed by atoms with E-state index in [2.05, 4.69) is 15.6 Å². The summed E-state index contributed by atoms with van der Waals surface area (Å²) in [7, 11) is 3.03. The number of aromatic nitrogens is 2. The molecule has 1 aliphatic heterocycles. The molecule has 290 valence electrons. The van der Waals surface area contributed by atoms with Crippen molar-refractivity contribution in [1.29, 1.82) is 0 Å². The smallest absolute Gasteiger partial charge is 0.408 e. The fraction of sp³-hybridized carbons (Fsp3) is 0.579. The van der Waals surface area contributed by atoms with Crippen molar-refractivity contribution in [2.45, 2.75) is 96.1 Å². The SMILES string of the molecule is CC[C@@H]1C[C@]1(NC(=O)[C@@H]1C[C@@H](Oc2cc(-c3csc(OC)n3)nc3c(Cl)c(OC)ccc23)CN1C(=O)C(NC(=O)O[C@@H]1C[C@@H]2C[C@@H]2C1)C(C)(C)C)C(=O)O. The van der Waals surface area contributed by atoms with Crippen molar-refractivity contribution in [2.24, 2.45) is 23.2 Å². The molecule has 4 aliphatic rings. The first-order valence-electron chi connectivity index (χ1n) is 18.3. The number of benzene rings is 1. The van der Waals surface area contributed by atoms with Gasteiger partial charge < -0.3 is 39.6 Å². The van der Waals surface area contributed by atoms with Crippen LogP contribution in [0.15, 0.2) is 23.6 Å². The number of carboxylic acid groups (broad SMARTS) is 1. The van der Waals surface area contributed by atoms with E-state index >= 15 is 0 Å². The van der Waals surface area contributed by atoms with Crippen molar-refractivity contribution in [2.75, 3.05) is 20.8 Å². The number of nitrogens with zero attached hydrogens (tertiary/aromatic N) is 3. The van der Waals surface area contributed by atoms with Crippen LogP contribution in [-0.2, 0) is 19.1 Å². The molecule has 16 heteroatoms. The minimum Gasteiger partial charge on any atom is -0.495 e. The van der Waals surface area contributed by atoms with Crippen LogP contribution in [0.25, 0.3) is 22.3 Å². The van der Waals surface area contributed by atoms with Crippen molar-refractivity contribution < 1.29 is 43.2 Å². The highest BCUT2D eigenvalue weighted by molar-refractivity contribution is 7.11. The molecule has 0 radical (unpaired) electrons. The van der Waals surface area contributed by atoms with E-state index in [1.54, 1.807) is 23.6 Å². The molecule has 1 unspecified atom stereocenters. The highest BCUT2D eigenvalue weighted by atomic mass is 35.5. The second-order valence-electron chi connectivity index (χ2n) is 15.9. The maximum absolute atomic E-state index is 14.6. The van der Waals surface area contributed by atoms with Crippen LogP contribution in [0.1, 0.15) is 66.2 Å². The third kappa shape index (κ3) is 7.24. The quantitative estimate of drug-likeness (QED) is 0.206. The number of amides is 3. The number of carboxylic acids is 1. The molecule has 3 saturated carbocycles. The van der Waals surface area contributed by atoms with E-state index in [9.17, 15) is 24.3 Å². The third-order valence-electron chi connectivity index (χ3n) is 11.3. The van der Waals surface area contributed by atoms with Gasteiger partial charge >= 0.3 is 12.1 Å². The predicted octanol–water partition coefficient (Wildman–Crippen LogP) is 5.69. The lowest BCUT2D eigenvalue weighted by Crippen LogP contribution is -2.59. The summed E-state index contributed by atoms with van der Waals surface area (Å²) in [4.78, 5) is 65.0. The summed E-state index contributed by atoms with van der Waals surface area (Å²) in [6.07, 6.45) is 2.13. The van der Waals surface area contributed by atoms with E-state index in [0.29, 0.717) is 63.7 Å². The Hall–Kier alpha value is -4.37. The number of hydrogen-bond acceptors (Lipinski definition) is 11. The highest BCUT2D eigenvalue weighted by Crippen LogP contribution is 2.52. The number of alkyl carbamates (subject to hydrolysis) is 1. The van der Waals surface area contributed by atoms with Crippen LogP contribution in [0, 0.1) is 23.2 Å². The first-order valence-corrected chi connectivity index (χ1v) is 19.6. The molecule has 1 saturated heterocycles. The van der Waals surface area contributed by atoms with Crippen molar-refractivity contribution in [3.63, 3.8) is 0 Å². The molecule has 0 bridgehead atoms.